The van der Waals surface area contributed by atoms with Crippen molar-refractivity contribution in [3.8, 4) is 11.8 Å². The molecule has 2 saturated carbocycles. The van der Waals surface area contributed by atoms with Crippen LogP contribution in [0, 0.1) is 28.6 Å². The first kappa shape index (κ1) is 66.1. The van der Waals surface area contributed by atoms with Crippen LogP contribution in [0.5, 0.6) is 0 Å². The predicted octanol–water partition coefficient (Wildman–Crippen LogP) is 5.64. The third kappa shape index (κ3) is 13.2. The molecule has 22 heteroatoms. The van der Waals surface area contributed by atoms with E-state index >= 15 is 9.59 Å². The number of aliphatic hydroxyl groups is 2. The Labute approximate surface area is 536 Å². The lowest BCUT2D eigenvalue weighted by atomic mass is 9.44. The smallest absolute Gasteiger partial charge is 0.350 e. The van der Waals surface area contributed by atoms with Crippen LogP contribution in [0.2, 0.25) is 0 Å². The zero-order valence-corrected chi connectivity index (χ0v) is 52.1. The maximum absolute atomic E-state index is 15.9. The number of benzene rings is 5. The van der Waals surface area contributed by atoms with Crippen LogP contribution < -0.4 is 20.9 Å². The molecule has 5 aromatic carbocycles. The number of ketones is 1. The minimum atomic E-state index is -2.55. The molecule has 11 atom stereocenters. The first-order valence-corrected chi connectivity index (χ1v) is 30.6. The Morgan fingerprint density at radius 2 is 1.34 bits per heavy atom. The number of para-hydroxylation sites is 1. The summed E-state index contributed by atoms with van der Waals surface area (Å²) in [4.78, 5) is 143. The number of hydrogen-bond acceptors (Lipinski definition) is 18. The maximum atomic E-state index is 15.9. The minimum Gasteiger partial charge on any atom is -0.455 e. The molecule has 1 saturated heterocycles. The lowest BCUT2D eigenvalue weighted by Crippen LogP contribution is -2.82. The molecular formula is C71H72N4O18. The molecule has 2 bridgehead atoms. The maximum Gasteiger partial charge on any atom is 0.350 e. The van der Waals surface area contributed by atoms with Crippen LogP contribution in [0.25, 0.3) is 0 Å². The number of aliphatic hydroxyl groups excluding tert-OH is 1. The Morgan fingerprint density at radius 1 is 0.720 bits per heavy atom. The van der Waals surface area contributed by atoms with Gasteiger partial charge in [0.1, 0.15) is 30.0 Å². The molecule has 22 nitrogen and oxygen atoms in total. The predicted molar refractivity (Wildman–Crippen MR) is 331 cm³/mol. The lowest BCUT2D eigenvalue weighted by Gasteiger charge is -2.67. The molecule has 10 rings (SSSR count). The standard InChI is InChI=1S/C71H72N4O18/c1-41-51(37-71(87)64(92-66(85)48-26-14-9-15-27-48)62-69(6,52(78)36-53-70(62,40-88-53)93-43(3)77)63(83)60(89-42(2)76)58(41)68(71,4)5)90-67(86)61(59(46-22-10-7-11-23-46)74-65(84)47-24-12-8-13-25-47)91-57(82)33-32-54(79)73-38-55(80)72-35-34-56(81)75-39-49-28-17-16-20-44(49)30-31-45-21-18-19-29-50(45)75/h7-29,51-53,59-62,64,78,87H,32-40H2,1-6H3,(H,72,80)(H,73,79)(H,74,84)/t51-,52-,53+,59?,60+,61+,62-,64-,69+,70-,71+/m0/s1. The van der Waals surface area contributed by atoms with E-state index in [4.69, 9.17) is 28.4 Å². The highest BCUT2D eigenvalue weighted by Gasteiger charge is 2.78. The van der Waals surface area contributed by atoms with Gasteiger partial charge < -0.3 is 59.5 Å². The monoisotopic (exact) mass is 1270 g/mol. The molecule has 2 heterocycles. The van der Waals surface area contributed by atoms with E-state index in [-0.39, 0.29) is 59.7 Å². The van der Waals surface area contributed by atoms with Gasteiger partial charge in [-0.2, -0.15) is 0 Å². The van der Waals surface area contributed by atoms with Gasteiger partial charge >= 0.3 is 29.8 Å². The zero-order valence-electron chi connectivity index (χ0n) is 52.1. The number of carbonyl (C=O) groups excluding carboxylic acids is 10. The summed E-state index contributed by atoms with van der Waals surface area (Å²) < 4.78 is 37.0. The Bertz CT molecular complexity index is 3860. The van der Waals surface area contributed by atoms with E-state index in [9.17, 15) is 48.6 Å². The minimum absolute atomic E-state index is 0.00346. The van der Waals surface area contributed by atoms with Gasteiger partial charge in [-0.25, -0.2) is 9.59 Å². The molecule has 0 radical (unpaired) electrons. The number of fused-ring (bicyclic) bond motifs is 7. The second kappa shape index (κ2) is 27.2. The van der Waals surface area contributed by atoms with Gasteiger partial charge in [-0.3, -0.25) is 38.4 Å². The highest BCUT2D eigenvalue weighted by molar-refractivity contribution is 5.98. The third-order valence-electron chi connectivity index (χ3n) is 18.6. The molecule has 5 N–H and O–H groups in total. The van der Waals surface area contributed by atoms with Crippen molar-refractivity contribution >= 4 is 64.9 Å². The van der Waals surface area contributed by atoms with Crippen LogP contribution in [-0.4, -0.2) is 137 Å². The molecule has 5 aliphatic rings. The summed E-state index contributed by atoms with van der Waals surface area (Å²) in [5.74, 6) is -4.00. The molecule has 0 spiro atoms. The molecule has 1 unspecified atom stereocenters. The van der Waals surface area contributed by atoms with E-state index in [1.54, 1.807) is 83.8 Å². The number of Topliss-reactive ketones (excluding diaryl/α,β-unsaturated/α-hetero) is 1. The first-order valence-electron chi connectivity index (χ1n) is 30.6. The second-order valence-electron chi connectivity index (χ2n) is 24.6. The summed E-state index contributed by atoms with van der Waals surface area (Å²) in [5, 5.41) is 34.3. The largest absolute Gasteiger partial charge is 0.455 e. The number of nitrogens with one attached hydrogen (secondary N) is 3. The number of rotatable bonds is 19. The fourth-order valence-electron chi connectivity index (χ4n) is 13.7. The molecule has 3 fully saturated rings. The molecule has 5 aromatic rings. The van der Waals surface area contributed by atoms with Crippen molar-refractivity contribution in [1.82, 2.24) is 16.0 Å². The molecule has 0 aromatic heterocycles. The van der Waals surface area contributed by atoms with Gasteiger partial charge in [0.05, 0.1) is 54.8 Å². The fourth-order valence-corrected chi connectivity index (χ4v) is 13.7. The SMILES string of the molecule is CC(=O)O[C@H]1C(=O)[C@@]2(C)[C@H]([C@H](OC(=O)c3ccccc3)[C@]3(O)C[C@H](OC(=O)[C@H](OC(=O)CCC(=O)NCC(=O)NCCC(=O)N4Cc5ccccc5C#Cc5ccccc54)C(NC(=O)c4ccccc4)c4ccccc4)C(C)=C1C3(C)C)[C@]1(OC(C)=O)CO[C@@H]1C[C@@H]2O. The van der Waals surface area contributed by atoms with Gasteiger partial charge in [0.25, 0.3) is 5.91 Å². The van der Waals surface area contributed by atoms with Gasteiger partial charge in [-0.1, -0.05) is 123 Å². The summed E-state index contributed by atoms with van der Waals surface area (Å²) in [5.41, 5.74) is -5.16. The van der Waals surface area contributed by atoms with Crippen molar-refractivity contribution in [3.63, 3.8) is 0 Å². The summed E-state index contributed by atoms with van der Waals surface area (Å²) >= 11 is 0. The van der Waals surface area contributed by atoms with Gasteiger partial charge in [0, 0.05) is 68.2 Å². The average Bonchev–Trinajstić information content (AvgIpc) is 0.671. The summed E-state index contributed by atoms with van der Waals surface area (Å²) in [7, 11) is 0. The Balaban J connectivity index is 0.928. The van der Waals surface area contributed by atoms with Crippen molar-refractivity contribution in [3.05, 3.63) is 184 Å². The van der Waals surface area contributed by atoms with E-state index in [0.717, 1.165) is 25.0 Å². The van der Waals surface area contributed by atoms with E-state index < -0.39 is 156 Å². The van der Waals surface area contributed by atoms with Gasteiger partial charge in [-0.05, 0) is 78.6 Å². The van der Waals surface area contributed by atoms with Crippen LogP contribution in [0.3, 0.4) is 0 Å². The summed E-state index contributed by atoms with van der Waals surface area (Å²) in [6, 6.07) is 36.8. The van der Waals surface area contributed by atoms with E-state index in [0.29, 0.717) is 11.3 Å². The third-order valence-corrected chi connectivity index (χ3v) is 18.6. The van der Waals surface area contributed by atoms with Crippen LogP contribution in [0.4, 0.5) is 5.69 Å². The van der Waals surface area contributed by atoms with Crippen molar-refractivity contribution < 1.29 is 86.6 Å². The number of anilines is 1. The van der Waals surface area contributed by atoms with E-state index in [1.807, 2.05) is 36.4 Å². The summed E-state index contributed by atoms with van der Waals surface area (Å²) in [6.07, 6.45) is -12.8. The first-order chi connectivity index (χ1) is 44.4. The Morgan fingerprint density at radius 3 is 2.00 bits per heavy atom. The number of carbonyl (C=O) groups is 10. The molecule has 93 heavy (non-hydrogen) atoms. The van der Waals surface area contributed by atoms with Crippen molar-refractivity contribution in [2.24, 2.45) is 16.7 Å². The van der Waals surface area contributed by atoms with Gasteiger partial charge in [0.15, 0.2) is 17.5 Å². The van der Waals surface area contributed by atoms with Crippen LogP contribution in [-0.2, 0) is 73.3 Å². The lowest BCUT2D eigenvalue weighted by molar-refractivity contribution is -0.346. The molecular weight excluding hydrogens is 1200 g/mol. The quantitative estimate of drug-likeness (QED) is 0.0289. The van der Waals surface area contributed by atoms with Crippen LogP contribution >= 0.6 is 0 Å². The highest BCUT2D eigenvalue weighted by atomic mass is 16.6. The van der Waals surface area contributed by atoms with E-state index in [1.165, 1.54) is 52.0 Å². The average molecular weight is 1270 g/mol. The number of nitrogens with zero attached hydrogens (tertiary/aromatic N) is 1. The molecule has 484 valence electrons. The van der Waals surface area contributed by atoms with E-state index in [2.05, 4.69) is 27.8 Å². The summed E-state index contributed by atoms with van der Waals surface area (Å²) in [6.45, 7) is 7.27. The Hall–Kier alpha value is -9.82. The number of hydrogen-bond donors (Lipinski definition) is 5. The zero-order chi connectivity index (χ0) is 66.6. The van der Waals surface area contributed by atoms with Crippen molar-refractivity contribution in [2.75, 3.05) is 24.6 Å². The second-order valence-corrected chi connectivity index (χ2v) is 24.6. The molecule has 2 aliphatic heterocycles. The van der Waals surface area contributed by atoms with Gasteiger partial charge in [-0.15, -0.1) is 0 Å². The topological polar surface area (TPSA) is 306 Å². The van der Waals surface area contributed by atoms with Gasteiger partial charge in [0.2, 0.25) is 23.8 Å². The normalized spacial score (nSPS) is 25.2. The van der Waals surface area contributed by atoms with Crippen LogP contribution in [0.1, 0.15) is 123 Å². The number of ether oxygens (including phenoxy) is 6. The molecule has 4 amide bonds. The van der Waals surface area contributed by atoms with Crippen molar-refractivity contribution in [2.45, 2.75) is 134 Å². The fraction of sp³-hybridized carbons (Fsp3) is 0.380. The highest BCUT2D eigenvalue weighted by Crippen LogP contribution is 2.64. The molecule has 3 aliphatic carbocycles. The van der Waals surface area contributed by atoms with Crippen molar-refractivity contribution in [1.29, 1.82) is 0 Å². The Kier molecular flexibility index (Phi) is 19.3. The number of amides is 4. The van der Waals surface area contributed by atoms with Crippen LogP contribution in [0.15, 0.2) is 151 Å². The number of esters is 5.